The fraction of sp³-hybridized carbons (Fsp3) is 0.250. The van der Waals surface area contributed by atoms with Crippen molar-refractivity contribution in [1.29, 1.82) is 0 Å². The lowest BCUT2D eigenvalue weighted by molar-refractivity contribution is -0.115. The second kappa shape index (κ2) is 7.42. The van der Waals surface area contributed by atoms with Gasteiger partial charge in [-0.3, -0.25) is 9.69 Å². The fourth-order valence-corrected chi connectivity index (χ4v) is 4.73. The molecule has 0 atom stereocenters. The molecule has 5 nitrogen and oxygen atoms in total. The first kappa shape index (κ1) is 17.1. The van der Waals surface area contributed by atoms with Crippen molar-refractivity contribution in [3.05, 3.63) is 45.9 Å². The Morgan fingerprint density at radius 2 is 2.00 bits per heavy atom. The number of carbonyl (C=O) groups excluding carboxylic acids is 1. The van der Waals surface area contributed by atoms with Crippen LogP contribution in [-0.2, 0) is 10.5 Å². The molecule has 8 heteroatoms. The Kier molecular flexibility index (Phi) is 5.27. The third-order valence-electron chi connectivity index (χ3n) is 3.39. The van der Waals surface area contributed by atoms with Gasteiger partial charge in [-0.05, 0) is 25.0 Å². The maximum Gasteiger partial charge on any atom is 0.230 e. The van der Waals surface area contributed by atoms with Crippen molar-refractivity contribution in [1.82, 2.24) is 15.2 Å². The van der Waals surface area contributed by atoms with E-state index in [1.54, 1.807) is 29.1 Å². The number of benzene rings is 1. The molecule has 3 rings (SSSR count). The average Bonchev–Trinajstić information content (AvgIpc) is 3.20. The Hall–Kier alpha value is -1.77. The SMILES string of the molecule is CC(=O)N(c1nc(CSc2nncs2)cs1)c1c(C)cccc1C. The highest BCUT2D eigenvalue weighted by molar-refractivity contribution is 8.00. The molecule has 3 aromatic rings. The first-order valence-electron chi connectivity index (χ1n) is 7.26. The summed E-state index contributed by atoms with van der Waals surface area (Å²) in [5, 5.41) is 10.5. The maximum absolute atomic E-state index is 12.3. The molecule has 1 amide bonds. The molecule has 124 valence electrons. The molecule has 0 radical (unpaired) electrons. The number of hydrogen-bond acceptors (Lipinski definition) is 7. The van der Waals surface area contributed by atoms with Crippen LogP contribution in [0.15, 0.2) is 33.4 Å². The van der Waals surface area contributed by atoms with E-state index in [1.165, 1.54) is 22.7 Å². The van der Waals surface area contributed by atoms with Gasteiger partial charge in [-0.15, -0.1) is 21.5 Å². The van der Waals surface area contributed by atoms with Crippen LogP contribution in [0.2, 0.25) is 0 Å². The molecule has 0 fully saturated rings. The number of rotatable bonds is 5. The van der Waals surface area contributed by atoms with Gasteiger partial charge in [0.25, 0.3) is 0 Å². The van der Waals surface area contributed by atoms with Gasteiger partial charge in [0, 0.05) is 18.1 Å². The summed E-state index contributed by atoms with van der Waals surface area (Å²) in [5.41, 5.74) is 5.69. The van der Waals surface area contributed by atoms with E-state index in [2.05, 4.69) is 15.2 Å². The van der Waals surface area contributed by atoms with Gasteiger partial charge in [0.05, 0.1) is 11.4 Å². The van der Waals surface area contributed by atoms with Crippen molar-refractivity contribution in [2.75, 3.05) is 4.90 Å². The van der Waals surface area contributed by atoms with Crippen molar-refractivity contribution in [3.63, 3.8) is 0 Å². The van der Waals surface area contributed by atoms with Crippen molar-refractivity contribution in [3.8, 4) is 0 Å². The number of anilines is 2. The van der Waals surface area contributed by atoms with Gasteiger partial charge in [0.1, 0.15) is 5.51 Å². The highest BCUT2D eigenvalue weighted by Gasteiger charge is 2.21. The maximum atomic E-state index is 12.3. The zero-order valence-electron chi connectivity index (χ0n) is 13.5. The number of thioether (sulfide) groups is 1. The van der Waals surface area contributed by atoms with Crippen LogP contribution in [0.1, 0.15) is 23.7 Å². The van der Waals surface area contributed by atoms with E-state index in [0.29, 0.717) is 10.9 Å². The van der Waals surface area contributed by atoms with Crippen molar-refractivity contribution >= 4 is 51.2 Å². The predicted molar refractivity (Wildman–Crippen MR) is 100 cm³/mol. The number of para-hydroxylation sites is 1. The number of thiazole rings is 1. The van der Waals surface area contributed by atoms with Crippen LogP contribution in [0.4, 0.5) is 10.8 Å². The average molecular weight is 377 g/mol. The summed E-state index contributed by atoms with van der Waals surface area (Å²) in [6, 6.07) is 6.02. The largest absolute Gasteiger partial charge is 0.274 e. The molecule has 0 bridgehead atoms. The van der Waals surface area contributed by atoms with Crippen LogP contribution >= 0.6 is 34.4 Å². The molecule has 1 aromatic carbocycles. The highest BCUT2D eigenvalue weighted by Crippen LogP contribution is 2.34. The number of aryl methyl sites for hydroxylation is 2. The van der Waals surface area contributed by atoms with Gasteiger partial charge in [-0.2, -0.15) is 0 Å². The van der Waals surface area contributed by atoms with Gasteiger partial charge in [0.15, 0.2) is 9.47 Å². The number of hydrogen-bond donors (Lipinski definition) is 0. The van der Waals surface area contributed by atoms with E-state index in [0.717, 1.165) is 26.8 Å². The zero-order valence-corrected chi connectivity index (χ0v) is 16.0. The fourth-order valence-electron chi connectivity index (χ4n) is 2.37. The monoisotopic (exact) mass is 376 g/mol. The smallest absolute Gasteiger partial charge is 0.230 e. The van der Waals surface area contributed by atoms with Crippen LogP contribution < -0.4 is 4.90 Å². The van der Waals surface area contributed by atoms with Crippen LogP contribution in [0.25, 0.3) is 0 Å². The minimum atomic E-state index is -0.0370. The molecule has 2 heterocycles. The minimum Gasteiger partial charge on any atom is -0.274 e. The molecule has 0 saturated carbocycles. The van der Waals surface area contributed by atoms with Crippen LogP contribution in [0.3, 0.4) is 0 Å². The van der Waals surface area contributed by atoms with Crippen molar-refractivity contribution in [2.24, 2.45) is 0 Å². The molecule has 0 aliphatic heterocycles. The molecular formula is C16H16N4OS3. The van der Waals surface area contributed by atoms with Gasteiger partial charge in [0.2, 0.25) is 5.91 Å². The lowest BCUT2D eigenvalue weighted by Gasteiger charge is -2.22. The second-order valence-electron chi connectivity index (χ2n) is 5.21. The Labute approximate surface area is 152 Å². The Morgan fingerprint density at radius 1 is 1.25 bits per heavy atom. The van der Waals surface area contributed by atoms with Gasteiger partial charge in [-0.1, -0.05) is 41.3 Å². The highest BCUT2D eigenvalue weighted by atomic mass is 32.2. The summed E-state index contributed by atoms with van der Waals surface area (Å²) in [6.07, 6.45) is 0. The van der Waals surface area contributed by atoms with E-state index in [9.17, 15) is 4.79 Å². The summed E-state index contributed by atoms with van der Waals surface area (Å²) in [5.74, 6) is 0.676. The number of carbonyl (C=O) groups is 1. The van der Waals surface area contributed by atoms with E-state index in [1.807, 2.05) is 37.4 Å². The molecule has 0 aliphatic rings. The van der Waals surface area contributed by atoms with Crippen molar-refractivity contribution in [2.45, 2.75) is 30.9 Å². The van der Waals surface area contributed by atoms with E-state index in [-0.39, 0.29) is 5.91 Å². The second-order valence-corrected chi connectivity index (χ2v) is 8.10. The molecule has 0 spiro atoms. The lowest BCUT2D eigenvalue weighted by atomic mass is 10.1. The van der Waals surface area contributed by atoms with Crippen LogP contribution in [0, 0.1) is 13.8 Å². The van der Waals surface area contributed by atoms with E-state index in [4.69, 9.17) is 0 Å². The zero-order chi connectivity index (χ0) is 17.1. The normalized spacial score (nSPS) is 10.8. The summed E-state index contributed by atoms with van der Waals surface area (Å²) < 4.78 is 0.919. The van der Waals surface area contributed by atoms with E-state index >= 15 is 0 Å². The Balaban J connectivity index is 1.86. The Bertz CT molecular complexity index is 825. The van der Waals surface area contributed by atoms with Crippen LogP contribution in [0.5, 0.6) is 0 Å². The molecule has 0 aliphatic carbocycles. The van der Waals surface area contributed by atoms with Crippen molar-refractivity contribution < 1.29 is 4.79 Å². The summed E-state index contributed by atoms with van der Waals surface area (Å²) in [4.78, 5) is 18.6. The summed E-state index contributed by atoms with van der Waals surface area (Å²) in [6.45, 7) is 5.60. The standard InChI is InChI=1S/C16H16N4OS3/c1-10-5-4-6-11(2)14(10)20(12(3)21)15-18-13(7-22-15)8-23-16-19-17-9-24-16/h4-7,9H,8H2,1-3H3. The number of aromatic nitrogens is 3. The molecular weight excluding hydrogens is 360 g/mol. The van der Waals surface area contributed by atoms with Crippen LogP contribution in [-0.4, -0.2) is 21.1 Å². The lowest BCUT2D eigenvalue weighted by Crippen LogP contribution is -2.24. The predicted octanol–water partition coefficient (Wildman–Crippen LogP) is 4.59. The molecule has 2 aromatic heterocycles. The van der Waals surface area contributed by atoms with Gasteiger partial charge >= 0.3 is 0 Å². The molecule has 0 saturated heterocycles. The quantitative estimate of drug-likeness (QED) is 0.610. The molecule has 24 heavy (non-hydrogen) atoms. The number of amides is 1. The Morgan fingerprint density at radius 3 is 2.62 bits per heavy atom. The molecule has 0 N–H and O–H groups in total. The van der Waals surface area contributed by atoms with E-state index < -0.39 is 0 Å². The minimum absolute atomic E-state index is 0.0370. The van der Waals surface area contributed by atoms with Gasteiger partial charge < -0.3 is 0 Å². The first-order chi connectivity index (χ1) is 11.6. The topological polar surface area (TPSA) is 59.0 Å². The third-order valence-corrected chi connectivity index (χ3v) is 6.16. The summed E-state index contributed by atoms with van der Waals surface area (Å²) in [7, 11) is 0. The number of nitrogens with zero attached hydrogens (tertiary/aromatic N) is 4. The van der Waals surface area contributed by atoms with Gasteiger partial charge in [-0.25, -0.2) is 4.98 Å². The summed E-state index contributed by atoms with van der Waals surface area (Å²) >= 11 is 4.60. The third kappa shape index (κ3) is 3.66. The first-order valence-corrected chi connectivity index (χ1v) is 10.0. The molecule has 0 unspecified atom stereocenters.